The van der Waals surface area contributed by atoms with Crippen LogP contribution in [0.25, 0.3) is 0 Å². The molecular weight excluding hydrogens is 362 g/mol. The van der Waals surface area contributed by atoms with Crippen molar-refractivity contribution in [3.05, 3.63) is 39.7 Å². The topological polar surface area (TPSA) is 74.0 Å². The Morgan fingerprint density at radius 2 is 2.07 bits per heavy atom. The molecule has 0 spiro atoms. The summed E-state index contributed by atoms with van der Waals surface area (Å²) in [6.07, 6.45) is 3.41. The highest BCUT2D eigenvalue weighted by Crippen LogP contribution is 2.18. The fourth-order valence-corrected chi connectivity index (χ4v) is 4.23. The summed E-state index contributed by atoms with van der Waals surface area (Å²) in [6, 6.07) is 3.45. The van der Waals surface area contributed by atoms with Crippen LogP contribution in [0.4, 0.5) is 0 Å². The molecule has 8 heteroatoms. The predicted octanol–water partition coefficient (Wildman–Crippen LogP) is 2.18. The van der Waals surface area contributed by atoms with E-state index in [0.29, 0.717) is 18.8 Å². The fraction of sp³-hybridized carbons (Fsp3) is 0.526. The molecule has 146 valence electrons. The number of aromatic nitrogens is 1. The van der Waals surface area contributed by atoms with Gasteiger partial charge in [-0.1, -0.05) is 6.92 Å². The second kappa shape index (κ2) is 9.03. The van der Waals surface area contributed by atoms with Gasteiger partial charge in [-0.25, -0.2) is 4.98 Å². The number of nitrogens with one attached hydrogen (secondary N) is 1. The van der Waals surface area contributed by atoms with Crippen LogP contribution in [0, 0.1) is 6.92 Å². The lowest BCUT2D eigenvalue weighted by Crippen LogP contribution is -2.54. The summed E-state index contributed by atoms with van der Waals surface area (Å²) < 4.78 is 5.21. The van der Waals surface area contributed by atoms with E-state index in [0.717, 1.165) is 38.4 Å². The number of rotatable bonds is 5. The maximum Gasteiger partial charge on any atom is 0.289 e. The Bertz CT molecular complexity index is 776. The molecule has 0 aromatic carbocycles. The summed E-state index contributed by atoms with van der Waals surface area (Å²) in [6.45, 7) is 7.90. The summed E-state index contributed by atoms with van der Waals surface area (Å²) in [5, 5.41) is 4.59. The van der Waals surface area contributed by atoms with E-state index in [9.17, 15) is 4.79 Å². The van der Waals surface area contributed by atoms with E-state index >= 15 is 0 Å². The van der Waals surface area contributed by atoms with Crippen molar-refractivity contribution in [2.24, 2.45) is 4.99 Å². The van der Waals surface area contributed by atoms with E-state index < -0.39 is 0 Å². The Balaban J connectivity index is 1.46. The molecular formula is C19H27N5O2S. The van der Waals surface area contributed by atoms with Gasteiger partial charge in [-0.15, -0.1) is 11.3 Å². The first kappa shape index (κ1) is 19.4. The number of nitrogens with zero attached hydrogens (tertiary/aromatic N) is 4. The van der Waals surface area contributed by atoms with Gasteiger partial charge in [0.1, 0.15) is 0 Å². The van der Waals surface area contributed by atoms with Crippen LogP contribution in [-0.2, 0) is 12.8 Å². The van der Waals surface area contributed by atoms with Gasteiger partial charge in [0.05, 0.1) is 17.0 Å². The molecule has 0 radical (unpaired) electrons. The zero-order valence-corrected chi connectivity index (χ0v) is 17.0. The molecule has 0 aliphatic carbocycles. The molecule has 2 aromatic heterocycles. The number of amides is 1. The Morgan fingerprint density at radius 1 is 1.33 bits per heavy atom. The smallest absolute Gasteiger partial charge is 0.289 e. The highest BCUT2D eigenvalue weighted by atomic mass is 32.1. The maximum absolute atomic E-state index is 12.4. The summed E-state index contributed by atoms with van der Waals surface area (Å²) in [7, 11) is 1.80. The number of carbonyl (C=O) groups excluding carboxylic acids is 1. The van der Waals surface area contributed by atoms with Gasteiger partial charge in [-0.2, -0.15) is 0 Å². The molecule has 1 N–H and O–H groups in total. The minimum absolute atomic E-state index is 0.0477. The molecule has 0 atom stereocenters. The summed E-state index contributed by atoms with van der Waals surface area (Å²) in [5.74, 6) is 1.23. The van der Waals surface area contributed by atoms with Crippen molar-refractivity contribution in [1.82, 2.24) is 20.1 Å². The van der Waals surface area contributed by atoms with E-state index in [4.69, 9.17) is 4.42 Å². The monoisotopic (exact) mass is 389 g/mol. The van der Waals surface area contributed by atoms with Gasteiger partial charge in [0.2, 0.25) is 0 Å². The zero-order valence-electron chi connectivity index (χ0n) is 16.2. The number of aliphatic imine (C=N–C) groups is 1. The summed E-state index contributed by atoms with van der Waals surface area (Å²) in [5.41, 5.74) is 1.21. The Labute approximate surface area is 164 Å². The lowest BCUT2D eigenvalue weighted by atomic mass is 10.3. The number of carbonyl (C=O) groups is 1. The van der Waals surface area contributed by atoms with Crippen LogP contribution < -0.4 is 5.32 Å². The largest absolute Gasteiger partial charge is 0.459 e. The number of piperazine rings is 1. The summed E-state index contributed by atoms with van der Waals surface area (Å²) >= 11 is 1.78. The standard InChI is InChI=1S/C19H27N5O2S/c1-4-15-14(2)27-17(22-15)7-8-21-19(20-3)24-11-9-23(10-12-24)18(25)16-6-5-13-26-16/h5-6,13H,4,7-12H2,1-3H3,(H,20,21). The lowest BCUT2D eigenvalue weighted by molar-refractivity contribution is 0.0658. The van der Waals surface area contributed by atoms with E-state index in [1.807, 2.05) is 4.90 Å². The molecule has 7 nitrogen and oxygen atoms in total. The number of furan rings is 1. The lowest BCUT2D eigenvalue weighted by Gasteiger charge is -2.36. The number of hydrogen-bond donors (Lipinski definition) is 1. The SMILES string of the molecule is CCc1nc(CCNC(=NC)N2CCN(C(=O)c3ccco3)CC2)sc1C. The number of thiazole rings is 1. The van der Waals surface area contributed by atoms with Crippen molar-refractivity contribution in [1.29, 1.82) is 0 Å². The second-order valence-corrected chi connectivity index (χ2v) is 7.73. The Hall–Kier alpha value is -2.35. The molecule has 1 saturated heterocycles. The molecule has 1 aliphatic rings. The first-order valence-electron chi connectivity index (χ1n) is 9.36. The fourth-order valence-electron chi connectivity index (χ4n) is 3.21. The van der Waals surface area contributed by atoms with Gasteiger partial charge in [0.15, 0.2) is 11.7 Å². The van der Waals surface area contributed by atoms with Crippen LogP contribution in [0.3, 0.4) is 0 Å². The van der Waals surface area contributed by atoms with Crippen LogP contribution in [0.2, 0.25) is 0 Å². The zero-order chi connectivity index (χ0) is 19.2. The molecule has 0 saturated carbocycles. The van der Waals surface area contributed by atoms with Crippen molar-refractivity contribution in [3.8, 4) is 0 Å². The molecule has 1 aliphatic heterocycles. The van der Waals surface area contributed by atoms with Crippen molar-refractivity contribution in [2.45, 2.75) is 26.7 Å². The number of hydrogen-bond acceptors (Lipinski definition) is 5. The highest BCUT2D eigenvalue weighted by molar-refractivity contribution is 7.11. The van der Waals surface area contributed by atoms with Gasteiger partial charge < -0.3 is 19.5 Å². The van der Waals surface area contributed by atoms with Crippen molar-refractivity contribution >= 4 is 23.2 Å². The highest BCUT2D eigenvalue weighted by Gasteiger charge is 2.25. The van der Waals surface area contributed by atoms with Crippen LogP contribution in [-0.4, -0.2) is 66.4 Å². The van der Waals surface area contributed by atoms with Crippen molar-refractivity contribution in [3.63, 3.8) is 0 Å². The second-order valence-electron chi connectivity index (χ2n) is 6.44. The van der Waals surface area contributed by atoms with Crippen LogP contribution in [0.1, 0.15) is 33.1 Å². The first-order chi connectivity index (χ1) is 13.1. The van der Waals surface area contributed by atoms with Crippen LogP contribution >= 0.6 is 11.3 Å². The molecule has 3 heterocycles. The van der Waals surface area contributed by atoms with Crippen molar-refractivity contribution < 1.29 is 9.21 Å². The molecule has 3 rings (SSSR count). The Morgan fingerprint density at radius 3 is 2.67 bits per heavy atom. The van der Waals surface area contributed by atoms with Gasteiger partial charge in [0.25, 0.3) is 5.91 Å². The third-order valence-corrected chi connectivity index (χ3v) is 5.78. The van der Waals surface area contributed by atoms with Gasteiger partial charge >= 0.3 is 0 Å². The number of aryl methyl sites for hydroxylation is 2. The maximum atomic E-state index is 12.4. The average Bonchev–Trinajstić information content (AvgIpc) is 3.34. The van der Waals surface area contributed by atoms with E-state index in [1.165, 1.54) is 21.8 Å². The minimum atomic E-state index is -0.0477. The Kier molecular flexibility index (Phi) is 6.49. The molecule has 1 amide bonds. The third-order valence-electron chi connectivity index (χ3n) is 4.70. The average molecular weight is 390 g/mol. The molecule has 2 aromatic rings. The third kappa shape index (κ3) is 4.68. The van der Waals surface area contributed by atoms with E-state index in [-0.39, 0.29) is 5.91 Å². The minimum Gasteiger partial charge on any atom is -0.459 e. The quantitative estimate of drug-likeness (QED) is 0.627. The van der Waals surface area contributed by atoms with E-state index in [2.05, 4.69) is 34.0 Å². The molecule has 1 fully saturated rings. The van der Waals surface area contributed by atoms with Crippen LogP contribution in [0.5, 0.6) is 0 Å². The normalized spacial score (nSPS) is 15.3. The molecule has 0 bridgehead atoms. The van der Waals surface area contributed by atoms with E-state index in [1.54, 1.807) is 30.5 Å². The number of guanidine groups is 1. The first-order valence-corrected chi connectivity index (χ1v) is 10.2. The van der Waals surface area contributed by atoms with Gasteiger partial charge in [-0.3, -0.25) is 9.79 Å². The van der Waals surface area contributed by atoms with Crippen molar-refractivity contribution in [2.75, 3.05) is 39.8 Å². The predicted molar refractivity (Wildman–Crippen MR) is 107 cm³/mol. The van der Waals surface area contributed by atoms with Crippen LogP contribution in [0.15, 0.2) is 27.8 Å². The van der Waals surface area contributed by atoms with Gasteiger partial charge in [-0.05, 0) is 25.5 Å². The molecule has 0 unspecified atom stereocenters. The molecule has 27 heavy (non-hydrogen) atoms. The summed E-state index contributed by atoms with van der Waals surface area (Å²) in [4.78, 5) is 26.8. The van der Waals surface area contributed by atoms with Gasteiger partial charge in [0, 0.05) is 51.1 Å².